The molecular formula is C13H17N3O3. The Morgan fingerprint density at radius 2 is 2.32 bits per heavy atom. The first-order chi connectivity index (χ1) is 9.02. The van der Waals surface area contributed by atoms with E-state index in [9.17, 15) is 14.9 Å². The number of hydrogen-bond donors (Lipinski definition) is 1. The molecule has 0 aromatic heterocycles. The molecule has 0 saturated heterocycles. The summed E-state index contributed by atoms with van der Waals surface area (Å²) < 4.78 is 0. The normalized spacial score (nSPS) is 14.9. The zero-order chi connectivity index (χ0) is 14.0. The molecule has 0 spiro atoms. The lowest BCUT2D eigenvalue weighted by molar-refractivity contribution is -0.384. The Labute approximate surface area is 111 Å². The van der Waals surface area contributed by atoms with E-state index >= 15 is 0 Å². The van der Waals surface area contributed by atoms with Crippen LogP contribution in [0.1, 0.15) is 25.8 Å². The Morgan fingerprint density at radius 3 is 2.95 bits per heavy atom. The number of nitrogens with one attached hydrogen (secondary N) is 1. The van der Waals surface area contributed by atoms with Crippen molar-refractivity contribution in [2.24, 2.45) is 0 Å². The maximum absolute atomic E-state index is 12.1. The second-order valence-corrected chi connectivity index (χ2v) is 4.73. The van der Waals surface area contributed by atoms with E-state index in [4.69, 9.17) is 0 Å². The maximum atomic E-state index is 12.1. The van der Waals surface area contributed by atoms with E-state index in [1.165, 1.54) is 12.1 Å². The van der Waals surface area contributed by atoms with Gasteiger partial charge in [0, 0.05) is 24.7 Å². The fourth-order valence-electron chi connectivity index (χ4n) is 2.08. The van der Waals surface area contributed by atoms with Gasteiger partial charge in [-0.05, 0) is 25.3 Å². The minimum Gasteiger partial charge on any atom is -0.335 e. The third-order valence-corrected chi connectivity index (χ3v) is 3.40. The summed E-state index contributed by atoms with van der Waals surface area (Å²) in [6.07, 6.45) is 1.59. The largest absolute Gasteiger partial charge is 0.335 e. The Morgan fingerprint density at radius 1 is 1.58 bits per heavy atom. The highest BCUT2D eigenvalue weighted by Crippen LogP contribution is 2.31. The van der Waals surface area contributed by atoms with E-state index < -0.39 is 4.92 Å². The summed E-state index contributed by atoms with van der Waals surface area (Å²) in [5.74, 6) is 0. The molecule has 0 bridgehead atoms. The van der Waals surface area contributed by atoms with Gasteiger partial charge < -0.3 is 5.32 Å². The van der Waals surface area contributed by atoms with Gasteiger partial charge in [-0.3, -0.25) is 15.0 Å². The number of carbonyl (C=O) groups is 1. The quantitative estimate of drug-likeness (QED) is 0.672. The van der Waals surface area contributed by atoms with Gasteiger partial charge in [-0.1, -0.05) is 13.0 Å². The number of non-ortho nitro benzene ring substituents is 1. The van der Waals surface area contributed by atoms with Crippen molar-refractivity contribution in [2.45, 2.75) is 32.7 Å². The molecule has 1 aliphatic rings. The van der Waals surface area contributed by atoms with Crippen LogP contribution >= 0.6 is 0 Å². The number of benzene rings is 1. The predicted octanol–water partition coefficient (Wildman–Crippen LogP) is 2.47. The fraction of sp³-hybridized carbons (Fsp3) is 0.462. The SMILES string of the molecule is CCC(C)NC(=O)N1CCc2ccc([N+](=O)[O-])cc21. The summed E-state index contributed by atoms with van der Waals surface area (Å²) in [6.45, 7) is 4.49. The lowest BCUT2D eigenvalue weighted by Gasteiger charge is -2.20. The summed E-state index contributed by atoms with van der Waals surface area (Å²) in [5, 5.41) is 13.7. The average Bonchev–Trinajstić information content (AvgIpc) is 2.81. The second kappa shape index (κ2) is 5.26. The standard InChI is InChI=1S/C13H17N3O3/c1-3-9(2)14-13(17)15-7-6-10-4-5-11(16(18)19)8-12(10)15/h4-5,8-9H,3,6-7H2,1-2H3,(H,14,17). The van der Waals surface area contributed by atoms with E-state index in [2.05, 4.69) is 5.32 Å². The number of rotatable bonds is 3. The van der Waals surface area contributed by atoms with E-state index in [0.29, 0.717) is 12.2 Å². The second-order valence-electron chi connectivity index (χ2n) is 4.73. The molecule has 1 atom stereocenters. The van der Waals surface area contributed by atoms with Crippen molar-refractivity contribution in [3.8, 4) is 0 Å². The van der Waals surface area contributed by atoms with Crippen LogP contribution in [0.3, 0.4) is 0 Å². The van der Waals surface area contributed by atoms with Crippen molar-refractivity contribution < 1.29 is 9.72 Å². The zero-order valence-electron chi connectivity index (χ0n) is 11.0. The number of fused-ring (bicyclic) bond motifs is 1. The number of urea groups is 1. The summed E-state index contributed by atoms with van der Waals surface area (Å²) in [4.78, 5) is 24.0. The average molecular weight is 263 g/mol. The van der Waals surface area contributed by atoms with Gasteiger partial charge in [-0.15, -0.1) is 0 Å². The molecule has 1 unspecified atom stereocenters. The monoisotopic (exact) mass is 263 g/mol. The molecule has 1 N–H and O–H groups in total. The third kappa shape index (κ3) is 2.67. The van der Waals surface area contributed by atoms with Crippen LogP contribution in [0.2, 0.25) is 0 Å². The summed E-state index contributed by atoms with van der Waals surface area (Å²) in [6, 6.07) is 4.58. The summed E-state index contributed by atoms with van der Waals surface area (Å²) in [5.41, 5.74) is 1.64. The molecule has 6 heteroatoms. The maximum Gasteiger partial charge on any atom is 0.322 e. The highest BCUT2D eigenvalue weighted by molar-refractivity contribution is 5.94. The van der Waals surface area contributed by atoms with Crippen LogP contribution in [0, 0.1) is 10.1 Å². The lowest BCUT2D eigenvalue weighted by Crippen LogP contribution is -2.43. The lowest BCUT2D eigenvalue weighted by atomic mass is 10.1. The van der Waals surface area contributed by atoms with E-state index in [0.717, 1.165) is 18.4 Å². The molecule has 0 aliphatic carbocycles. The highest BCUT2D eigenvalue weighted by atomic mass is 16.6. The number of hydrogen-bond acceptors (Lipinski definition) is 3. The minimum absolute atomic E-state index is 0.0157. The Balaban J connectivity index is 2.22. The molecule has 1 heterocycles. The predicted molar refractivity (Wildman–Crippen MR) is 72.4 cm³/mol. The Kier molecular flexibility index (Phi) is 3.69. The summed E-state index contributed by atoms with van der Waals surface area (Å²) >= 11 is 0. The number of anilines is 1. The highest BCUT2D eigenvalue weighted by Gasteiger charge is 2.27. The number of carbonyl (C=O) groups excluding carboxylic acids is 1. The van der Waals surface area contributed by atoms with Gasteiger partial charge in [-0.25, -0.2) is 4.79 Å². The molecule has 0 saturated carbocycles. The Hall–Kier alpha value is -2.11. The van der Waals surface area contributed by atoms with Crippen molar-refractivity contribution in [2.75, 3.05) is 11.4 Å². The van der Waals surface area contributed by atoms with Crippen LogP contribution in [0.4, 0.5) is 16.2 Å². The number of nitro groups is 1. The van der Waals surface area contributed by atoms with Gasteiger partial charge >= 0.3 is 6.03 Å². The van der Waals surface area contributed by atoms with Crippen LogP contribution in [0.25, 0.3) is 0 Å². The minimum atomic E-state index is -0.441. The van der Waals surface area contributed by atoms with Crippen molar-refractivity contribution in [1.82, 2.24) is 5.32 Å². The van der Waals surface area contributed by atoms with Crippen LogP contribution in [-0.4, -0.2) is 23.5 Å². The third-order valence-electron chi connectivity index (χ3n) is 3.40. The zero-order valence-corrected chi connectivity index (χ0v) is 11.0. The molecule has 2 rings (SSSR count). The van der Waals surface area contributed by atoms with E-state index in [-0.39, 0.29) is 17.8 Å². The van der Waals surface area contributed by atoms with E-state index in [1.807, 2.05) is 13.8 Å². The summed E-state index contributed by atoms with van der Waals surface area (Å²) in [7, 11) is 0. The molecule has 0 radical (unpaired) electrons. The topological polar surface area (TPSA) is 75.5 Å². The fourth-order valence-corrected chi connectivity index (χ4v) is 2.08. The molecule has 19 heavy (non-hydrogen) atoms. The molecule has 2 amide bonds. The van der Waals surface area contributed by atoms with E-state index in [1.54, 1.807) is 11.0 Å². The van der Waals surface area contributed by atoms with Crippen molar-refractivity contribution in [3.63, 3.8) is 0 Å². The van der Waals surface area contributed by atoms with Crippen LogP contribution in [-0.2, 0) is 6.42 Å². The van der Waals surface area contributed by atoms with Crippen LogP contribution < -0.4 is 10.2 Å². The molecule has 0 fully saturated rings. The van der Waals surface area contributed by atoms with Gasteiger partial charge in [0.25, 0.3) is 5.69 Å². The smallest absolute Gasteiger partial charge is 0.322 e. The first-order valence-electron chi connectivity index (χ1n) is 6.38. The van der Waals surface area contributed by atoms with Crippen molar-refractivity contribution >= 4 is 17.4 Å². The first kappa shape index (κ1) is 13.3. The molecule has 102 valence electrons. The molecule has 6 nitrogen and oxygen atoms in total. The molecule has 1 aliphatic heterocycles. The van der Waals surface area contributed by atoms with Gasteiger partial charge in [0.15, 0.2) is 0 Å². The van der Waals surface area contributed by atoms with Crippen LogP contribution in [0.15, 0.2) is 18.2 Å². The van der Waals surface area contributed by atoms with Crippen molar-refractivity contribution in [1.29, 1.82) is 0 Å². The molecular weight excluding hydrogens is 246 g/mol. The number of nitro benzene ring substituents is 1. The Bertz CT molecular complexity index is 516. The molecule has 1 aromatic rings. The van der Waals surface area contributed by atoms with Crippen LogP contribution in [0.5, 0.6) is 0 Å². The van der Waals surface area contributed by atoms with Gasteiger partial charge in [0.05, 0.1) is 10.6 Å². The van der Waals surface area contributed by atoms with Gasteiger partial charge in [-0.2, -0.15) is 0 Å². The number of nitrogens with zero attached hydrogens (tertiary/aromatic N) is 2. The molecule has 1 aromatic carbocycles. The van der Waals surface area contributed by atoms with Gasteiger partial charge in [0.2, 0.25) is 0 Å². The first-order valence-corrected chi connectivity index (χ1v) is 6.38. The number of amides is 2. The van der Waals surface area contributed by atoms with Gasteiger partial charge in [0.1, 0.15) is 0 Å². The van der Waals surface area contributed by atoms with Crippen molar-refractivity contribution in [3.05, 3.63) is 33.9 Å².